The summed E-state index contributed by atoms with van der Waals surface area (Å²) in [6, 6.07) is 6.43. The molecule has 0 fully saturated rings. The Morgan fingerprint density at radius 3 is 2.54 bits per heavy atom. The molecule has 0 atom stereocenters. The number of hydrogen-bond acceptors (Lipinski definition) is 5. The normalized spacial score (nSPS) is 10.5. The maximum absolute atomic E-state index is 12.4. The fourth-order valence-corrected chi connectivity index (χ4v) is 2.53. The van der Waals surface area contributed by atoms with Crippen LogP contribution in [0.2, 0.25) is 10.0 Å². The third kappa shape index (κ3) is 5.63. The van der Waals surface area contributed by atoms with Crippen molar-refractivity contribution in [1.29, 1.82) is 0 Å². The number of aryl methyl sites for hydroxylation is 1. The average molecular weight is 369 g/mol. The number of nitrogens with zero attached hydrogens (tertiary/aromatic N) is 2. The molecule has 0 aliphatic heterocycles. The second kappa shape index (κ2) is 8.82. The van der Waals surface area contributed by atoms with Crippen LogP contribution in [0.5, 0.6) is 0 Å². The van der Waals surface area contributed by atoms with Crippen molar-refractivity contribution in [3.63, 3.8) is 0 Å². The van der Waals surface area contributed by atoms with Gasteiger partial charge in [-0.2, -0.15) is 0 Å². The van der Waals surface area contributed by atoms with Crippen LogP contribution in [0.25, 0.3) is 0 Å². The van der Waals surface area contributed by atoms with E-state index in [1.54, 1.807) is 38.3 Å². The van der Waals surface area contributed by atoms with Gasteiger partial charge in [0.2, 0.25) is 5.95 Å². The monoisotopic (exact) mass is 368 g/mol. The molecule has 0 saturated heterocycles. The van der Waals surface area contributed by atoms with Crippen LogP contribution in [0.1, 0.15) is 22.6 Å². The third-order valence-electron chi connectivity index (χ3n) is 3.02. The number of methoxy groups -OCH3 is 1. The van der Waals surface area contributed by atoms with Gasteiger partial charge in [0.15, 0.2) is 0 Å². The average Bonchev–Trinajstić information content (AvgIpc) is 2.50. The molecule has 0 bridgehead atoms. The predicted octanol–water partition coefficient (Wildman–Crippen LogP) is 3.79. The van der Waals surface area contributed by atoms with Crippen LogP contribution in [-0.4, -0.2) is 36.1 Å². The van der Waals surface area contributed by atoms with E-state index in [4.69, 9.17) is 27.9 Å². The SMILES string of the molecule is COCCCNc1nc(C)cc(C(=O)Nc2cc(Cl)cc(Cl)c2)n1. The minimum absolute atomic E-state index is 0.257. The second-order valence-electron chi connectivity index (χ2n) is 5.10. The molecule has 0 unspecified atom stereocenters. The van der Waals surface area contributed by atoms with Crippen LogP contribution in [-0.2, 0) is 4.74 Å². The molecule has 1 amide bonds. The lowest BCUT2D eigenvalue weighted by atomic mass is 10.3. The summed E-state index contributed by atoms with van der Waals surface area (Å²) in [5.74, 6) is 0.0409. The first-order valence-electron chi connectivity index (χ1n) is 7.34. The summed E-state index contributed by atoms with van der Waals surface area (Å²) < 4.78 is 4.98. The lowest BCUT2D eigenvalue weighted by Crippen LogP contribution is -2.16. The van der Waals surface area contributed by atoms with E-state index in [9.17, 15) is 4.79 Å². The minimum atomic E-state index is -0.362. The number of carbonyl (C=O) groups is 1. The Bertz CT molecular complexity index is 705. The molecule has 0 aliphatic rings. The number of aromatic nitrogens is 2. The summed E-state index contributed by atoms with van der Waals surface area (Å²) in [6.07, 6.45) is 0.816. The lowest BCUT2D eigenvalue weighted by molar-refractivity contribution is 0.102. The van der Waals surface area contributed by atoms with Crippen molar-refractivity contribution in [2.75, 3.05) is 30.9 Å². The number of ether oxygens (including phenoxy) is 1. The molecule has 1 aromatic carbocycles. The van der Waals surface area contributed by atoms with E-state index in [1.807, 2.05) is 0 Å². The van der Waals surface area contributed by atoms with E-state index < -0.39 is 0 Å². The Morgan fingerprint density at radius 1 is 1.17 bits per heavy atom. The van der Waals surface area contributed by atoms with Crippen LogP contribution in [0.15, 0.2) is 24.3 Å². The highest BCUT2D eigenvalue weighted by Gasteiger charge is 2.11. The molecular formula is C16H18Cl2N4O2. The largest absolute Gasteiger partial charge is 0.385 e. The zero-order valence-corrected chi connectivity index (χ0v) is 14.9. The fourth-order valence-electron chi connectivity index (χ4n) is 2.00. The van der Waals surface area contributed by atoms with Gasteiger partial charge < -0.3 is 15.4 Å². The molecule has 0 aliphatic carbocycles. The maximum Gasteiger partial charge on any atom is 0.274 e. The van der Waals surface area contributed by atoms with Gasteiger partial charge in [-0.1, -0.05) is 23.2 Å². The molecule has 2 rings (SSSR count). The summed E-state index contributed by atoms with van der Waals surface area (Å²) >= 11 is 11.9. The van der Waals surface area contributed by atoms with Gasteiger partial charge in [-0.05, 0) is 37.6 Å². The van der Waals surface area contributed by atoms with Gasteiger partial charge in [0.1, 0.15) is 5.69 Å². The first-order chi connectivity index (χ1) is 11.5. The van der Waals surface area contributed by atoms with Crippen molar-refractivity contribution >= 4 is 40.7 Å². The van der Waals surface area contributed by atoms with Crippen LogP contribution in [0.3, 0.4) is 0 Å². The quantitative estimate of drug-likeness (QED) is 0.727. The van der Waals surface area contributed by atoms with Crippen LogP contribution in [0.4, 0.5) is 11.6 Å². The topological polar surface area (TPSA) is 76.1 Å². The van der Waals surface area contributed by atoms with Gasteiger partial charge in [-0.3, -0.25) is 4.79 Å². The Labute approximate surface area is 150 Å². The lowest BCUT2D eigenvalue weighted by Gasteiger charge is -2.09. The molecule has 2 N–H and O–H groups in total. The van der Waals surface area contributed by atoms with Crippen LogP contribution in [0, 0.1) is 6.92 Å². The van der Waals surface area contributed by atoms with Gasteiger partial charge in [0, 0.05) is 41.7 Å². The van der Waals surface area contributed by atoms with Crippen molar-refractivity contribution < 1.29 is 9.53 Å². The van der Waals surface area contributed by atoms with Gasteiger partial charge in [0.05, 0.1) is 0 Å². The summed E-state index contributed by atoms with van der Waals surface area (Å²) in [5.41, 5.74) is 1.45. The van der Waals surface area contributed by atoms with Crippen molar-refractivity contribution in [2.24, 2.45) is 0 Å². The predicted molar refractivity (Wildman–Crippen MR) is 96.2 cm³/mol. The first-order valence-corrected chi connectivity index (χ1v) is 8.09. The Kier molecular flexibility index (Phi) is 6.78. The summed E-state index contributed by atoms with van der Waals surface area (Å²) in [4.78, 5) is 20.9. The minimum Gasteiger partial charge on any atom is -0.385 e. The summed E-state index contributed by atoms with van der Waals surface area (Å²) in [7, 11) is 1.65. The molecule has 2 aromatic rings. The smallest absolute Gasteiger partial charge is 0.274 e. The molecular weight excluding hydrogens is 351 g/mol. The molecule has 0 spiro atoms. The van der Waals surface area contributed by atoms with Gasteiger partial charge >= 0.3 is 0 Å². The first kappa shape index (κ1) is 18.4. The number of halogens is 2. The molecule has 1 heterocycles. The van der Waals surface area contributed by atoms with Gasteiger partial charge in [-0.15, -0.1) is 0 Å². The Balaban J connectivity index is 2.09. The maximum atomic E-state index is 12.4. The number of amides is 1. The fraction of sp³-hybridized carbons (Fsp3) is 0.312. The van der Waals surface area contributed by atoms with Crippen molar-refractivity contribution in [2.45, 2.75) is 13.3 Å². The van der Waals surface area contributed by atoms with Crippen molar-refractivity contribution in [3.05, 3.63) is 45.7 Å². The zero-order chi connectivity index (χ0) is 17.5. The molecule has 128 valence electrons. The highest BCUT2D eigenvalue weighted by molar-refractivity contribution is 6.35. The number of carbonyl (C=O) groups excluding carboxylic acids is 1. The number of anilines is 2. The standard InChI is InChI=1S/C16H18Cl2N4O2/c1-10-6-14(22-16(20-10)19-4-3-5-24-2)15(23)21-13-8-11(17)7-12(18)9-13/h6-9H,3-5H2,1-2H3,(H,21,23)(H,19,20,22). The Hall–Kier alpha value is -1.89. The van der Waals surface area contributed by atoms with Crippen LogP contribution < -0.4 is 10.6 Å². The van der Waals surface area contributed by atoms with Gasteiger partial charge in [-0.25, -0.2) is 9.97 Å². The molecule has 0 saturated carbocycles. The number of benzene rings is 1. The highest BCUT2D eigenvalue weighted by Crippen LogP contribution is 2.22. The summed E-state index contributed by atoms with van der Waals surface area (Å²) in [6.45, 7) is 3.10. The van der Waals surface area contributed by atoms with E-state index in [1.165, 1.54) is 0 Å². The molecule has 8 heteroatoms. The summed E-state index contributed by atoms with van der Waals surface area (Å²) in [5, 5.41) is 6.68. The van der Waals surface area contributed by atoms with E-state index in [0.29, 0.717) is 40.5 Å². The number of rotatable bonds is 7. The van der Waals surface area contributed by atoms with Crippen LogP contribution >= 0.6 is 23.2 Å². The number of hydrogen-bond donors (Lipinski definition) is 2. The number of nitrogens with one attached hydrogen (secondary N) is 2. The van der Waals surface area contributed by atoms with Crippen molar-refractivity contribution in [1.82, 2.24) is 9.97 Å². The Morgan fingerprint density at radius 2 is 1.88 bits per heavy atom. The molecule has 24 heavy (non-hydrogen) atoms. The second-order valence-corrected chi connectivity index (χ2v) is 5.98. The van der Waals surface area contributed by atoms with E-state index in [-0.39, 0.29) is 11.6 Å². The molecule has 1 aromatic heterocycles. The molecule has 0 radical (unpaired) electrons. The van der Waals surface area contributed by atoms with E-state index in [2.05, 4.69) is 20.6 Å². The van der Waals surface area contributed by atoms with E-state index >= 15 is 0 Å². The van der Waals surface area contributed by atoms with Crippen molar-refractivity contribution in [3.8, 4) is 0 Å². The molecule has 6 nitrogen and oxygen atoms in total. The third-order valence-corrected chi connectivity index (χ3v) is 3.45. The zero-order valence-electron chi connectivity index (χ0n) is 13.4. The van der Waals surface area contributed by atoms with Gasteiger partial charge in [0.25, 0.3) is 5.91 Å². The van der Waals surface area contributed by atoms with E-state index in [0.717, 1.165) is 6.42 Å². The highest BCUT2D eigenvalue weighted by atomic mass is 35.5.